The zero-order valence-corrected chi connectivity index (χ0v) is 6.40. The summed E-state index contributed by atoms with van der Waals surface area (Å²) in [6.07, 6.45) is 2.06. The summed E-state index contributed by atoms with van der Waals surface area (Å²) < 4.78 is 2.73. The number of nitrogens with zero attached hydrogens (tertiary/aromatic N) is 3. The fourth-order valence-electron chi connectivity index (χ4n) is 0.819. The second-order valence-electron chi connectivity index (χ2n) is 2.31. The summed E-state index contributed by atoms with van der Waals surface area (Å²) >= 11 is 0. The maximum atomic E-state index is 11.1. The number of aliphatic hydroxyl groups is 1. The van der Waals surface area contributed by atoms with Gasteiger partial charge in [-0.1, -0.05) is 0 Å². The molecular formula is C6H11N3O2. The minimum Gasteiger partial charge on any atom is -0.396 e. The summed E-state index contributed by atoms with van der Waals surface area (Å²) in [4.78, 5) is 11.1. The molecule has 1 heterocycles. The number of rotatable bonds is 3. The molecule has 1 N–H and O–H groups in total. The monoisotopic (exact) mass is 157 g/mol. The molecule has 1 aromatic rings. The Labute approximate surface area is 63.9 Å². The molecule has 0 aromatic carbocycles. The van der Waals surface area contributed by atoms with Crippen molar-refractivity contribution in [3.8, 4) is 0 Å². The topological polar surface area (TPSA) is 60.1 Å². The van der Waals surface area contributed by atoms with Crippen molar-refractivity contribution in [1.29, 1.82) is 0 Å². The highest BCUT2D eigenvalue weighted by Gasteiger charge is 1.98. The second kappa shape index (κ2) is 3.34. The zero-order chi connectivity index (χ0) is 8.27. The van der Waals surface area contributed by atoms with E-state index in [1.54, 1.807) is 7.05 Å². The molecule has 0 radical (unpaired) electrons. The van der Waals surface area contributed by atoms with Gasteiger partial charge in [0.1, 0.15) is 6.33 Å². The van der Waals surface area contributed by atoms with Gasteiger partial charge >= 0.3 is 5.69 Å². The van der Waals surface area contributed by atoms with Crippen molar-refractivity contribution in [1.82, 2.24) is 14.3 Å². The Bertz CT molecular complexity index is 276. The third-order valence-corrected chi connectivity index (χ3v) is 1.44. The first kappa shape index (κ1) is 8.00. The Morgan fingerprint density at radius 3 is 2.91 bits per heavy atom. The molecule has 0 saturated heterocycles. The minimum absolute atomic E-state index is 0.0985. The fraction of sp³-hybridized carbons (Fsp3) is 0.667. The van der Waals surface area contributed by atoms with Crippen LogP contribution in [0.4, 0.5) is 0 Å². The van der Waals surface area contributed by atoms with Gasteiger partial charge in [-0.15, -0.1) is 0 Å². The van der Waals surface area contributed by atoms with Gasteiger partial charge in [0.15, 0.2) is 0 Å². The highest BCUT2D eigenvalue weighted by molar-refractivity contribution is 4.65. The van der Waals surface area contributed by atoms with Gasteiger partial charge in [-0.05, 0) is 6.42 Å². The SMILES string of the molecule is Cn1ncn(CCCO)c1=O. The van der Waals surface area contributed by atoms with E-state index in [0.717, 1.165) is 0 Å². The van der Waals surface area contributed by atoms with E-state index in [1.165, 1.54) is 15.6 Å². The molecule has 0 atom stereocenters. The number of hydrogen-bond donors (Lipinski definition) is 1. The summed E-state index contributed by atoms with van der Waals surface area (Å²) in [5.74, 6) is 0. The zero-order valence-electron chi connectivity index (χ0n) is 6.40. The lowest BCUT2D eigenvalue weighted by molar-refractivity contribution is 0.279. The highest BCUT2D eigenvalue weighted by atomic mass is 16.3. The van der Waals surface area contributed by atoms with Crippen molar-refractivity contribution in [3.63, 3.8) is 0 Å². The third kappa shape index (κ3) is 1.68. The van der Waals surface area contributed by atoms with E-state index in [-0.39, 0.29) is 12.3 Å². The Morgan fingerprint density at radius 1 is 1.73 bits per heavy atom. The molecule has 1 rings (SSSR count). The summed E-state index contributed by atoms with van der Waals surface area (Å²) in [6, 6.07) is 0. The van der Waals surface area contributed by atoms with Crippen LogP contribution in [0.1, 0.15) is 6.42 Å². The van der Waals surface area contributed by atoms with E-state index >= 15 is 0 Å². The lowest BCUT2D eigenvalue weighted by Gasteiger charge is -1.94. The smallest absolute Gasteiger partial charge is 0.345 e. The van der Waals surface area contributed by atoms with Gasteiger partial charge in [0.2, 0.25) is 0 Å². The Kier molecular flexibility index (Phi) is 2.43. The van der Waals surface area contributed by atoms with Crippen LogP contribution in [0.5, 0.6) is 0 Å². The van der Waals surface area contributed by atoms with Crippen molar-refractivity contribution < 1.29 is 5.11 Å². The molecule has 0 aliphatic carbocycles. The van der Waals surface area contributed by atoms with Crippen LogP contribution in [-0.4, -0.2) is 26.1 Å². The van der Waals surface area contributed by atoms with Crippen LogP contribution in [0, 0.1) is 0 Å². The average molecular weight is 157 g/mol. The van der Waals surface area contributed by atoms with Crippen LogP contribution >= 0.6 is 0 Å². The van der Waals surface area contributed by atoms with Gasteiger partial charge in [-0.3, -0.25) is 4.57 Å². The summed E-state index contributed by atoms with van der Waals surface area (Å²) in [7, 11) is 1.60. The van der Waals surface area contributed by atoms with Gasteiger partial charge < -0.3 is 5.11 Å². The lowest BCUT2D eigenvalue weighted by atomic mass is 10.4. The maximum absolute atomic E-state index is 11.1. The molecule has 0 fully saturated rings. The predicted molar refractivity (Wildman–Crippen MR) is 39.2 cm³/mol. The van der Waals surface area contributed by atoms with Crippen LogP contribution < -0.4 is 5.69 Å². The first-order valence-corrected chi connectivity index (χ1v) is 3.45. The van der Waals surface area contributed by atoms with Crippen molar-refractivity contribution in [2.45, 2.75) is 13.0 Å². The molecule has 62 valence electrons. The average Bonchev–Trinajstić information content (AvgIpc) is 2.31. The van der Waals surface area contributed by atoms with Crippen molar-refractivity contribution in [3.05, 3.63) is 16.8 Å². The van der Waals surface area contributed by atoms with Crippen LogP contribution in [0.3, 0.4) is 0 Å². The molecule has 5 nitrogen and oxygen atoms in total. The van der Waals surface area contributed by atoms with E-state index in [4.69, 9.17) is 5.11 Å². The standard InChI is InChI=1S/C6H11N3O2/c1-8-6(11)9(5-7-8)3-2-4-10/h5,10H,2-4H2,1H3. The van der Waals surface area contributed by atoms with E-state index < -0.39 is 0 Å². The number of aryl methyl sites for hydroxylation is 2. The van der Waals surface area contributed by atoms with Gasteiger partial charge in [0.05, 0.1) is 0 Å². The predicted octanol–water partition coefficient (Wildman–Crippen LogP) is -1.04. The van der Waals surface area contributed by atoms with Crippen molar-refractivity contribution >= 4 is 0 Å². The van der Waals surface area contributed by atoms with E-state index in [1.807, 2.05) is 0 Å². The quantitative estimate of drug-likeness (QED) is 0.610. The molecule has 0 saturated carbocycles. The van der Waals surface area contributed by atoms with Gasteiger partial charge in [0, 0.05) is 20.2 Å². The van der Waals surface area contributed by atoms with Gasteiger partial charge in [0.25, 0.3) is 0 Å². The molecule has 5 heteroatoms. The first-order chi connectivity index (χ1) is 5.25. The molecule has 0 bridgehead atoms. The molecule has 0 aliphatic rings. The Hall–Kier alpha value is -1.10. The van der Waals surface area contributed by atoms with Crippen molar-refractivity contribution in [2.75, 3.05) is 6.61 Å². The fourth-order valence-corrected chi connectivity index (χ4v) is 0.819. The summed E-state index contributed by atoms with van der Waals surface area (Å²) in [5.41, 5.74) is -0.140. The van der Waals surface area contributed by atoms with Crippen LogP contribution in [0.15, 0.2) is 11.1 Å². The molecule has 0 unspecified atom stereocenters. The van der Waals surface area contributed by atoms with Crippen LogP contribution in [-0.2, 0) is 13.6 Å². The molecule has 11 heavy (non-hydrogen) atoms. The summed E-state index contributed by atoms with van der Waals surface area (Å²) in [5, 5.41) is 12.2. The Morgan fingerprint density at radius 2 is 2.45 bits per heavy atom. The third-order valence-electron chi connectivity index (χ3n) is 1.44. The lowest BCUT2D eigenvalue weighted by Crippen LogP contribution is -2.22. The Balaban J connectivity index is 2.71. The maximum Gasteiger partial charge on any atom is 0.345 e. The van der Waals surface area contributed by atoms with Gasteiger partial charge in [-0.25, -0.2) is 9.48 Å². The van der Waals surface area contributed by atoms with Gasteiger partial charge in [-0.2, -0.15) is 5.10 Å². The summed E-state index contributed by atoms with van der Waals surface area (Å²) in [6.45, 7) is 0.629. The highest BCUT2D eigenvalue weighted by Crippen LogP contribution is 1.82. The number of aromatic nitrogens is 3. The molecule has 0 spiro atoms. The largest absolute Gasteiger partial charge is 0.396 e. The number of hydrogen-bond acceptors (Lipinski definition) is 3. The molecule has 0 amide bonds. The van der Waals surface area contributed by atoms with Crippen LogP contribution in [0.2, 0.25) is 0 Å². The van der Waals surface area contributed by atoms with Crippen LogP contribution in [0.25, 0.3) is 0 Å². The second-order valence-corrected chi connectivity index (χ2v) is 2.31. The van der Waals surface area contributed by atoms with Crippen molar-refractivity contribution in [2.24, 2.45) is 7.05 Å². The minimum atomic E-state index is -0.140. The molecule has 1 aromatic heterocycles. The van der Waals surface area contributed by atoms with E-state index in [2.05, 4.69) is 5.10 Å². The number of aliphatic hydroxyl groups excluding tert-OH is 1. The van der Waals surface area contributed by atoms with E-state index in [0.29, 0.717) is 13.0 Å². The molecular weight excluding hydrogens is 146 g/mol. The molecule has 0 aliphatic heterocycles. The first-order valence-electron chi connectivity index (χ1n) is 3.45. The normalized spacial score (nSPS) is 10.4. The van der Waals surface area contributed by atoms with E-state index in [9.17, 15) is 4.79 Å².